The fourth-order valence-corrected chi connectivity index (χ4v) is 1.21. The second-order valence-corrected chi connectivity index (χ2v) is 2.88. The highest BCUT2D eigenvalue weighted by Crippen LogP contribution is 2.15. The van der Waals surface area contributed by atoms with Crippen molar-refractivity contribution in [2.75, 3.05) is 0 Å². The van der Waals surface area contributed by atoms with Gasteiger partial charge >= 0.3 is 0 Å². The molecule has 0 unspecified atom stereocenters. The molecule has 0 spiro atoms. The van der Waals surface area contributed by atoms with Gasteiger partial charge in [0.15, 0.2) is 0 Å². The van der Waals surface area contributed by atoms with E-state index in [2.05, 4.69) is 38.2 Å². The second-order valence-electron chi connectivity index (χ2n) is 2.88. The first-order valence-corrected chi connectivity index (χ1v) is 4.42. The summed E-state index contributed by atoms with van der Waals surface area (Å²) in [5.74, 6) is 0. The maximum absolute atomic E-state index is 2.26. The summed E-state index contributed by atoms with van der Waals surface area (Å²) in [6.45, 7) is 4.41. The third kappa shape index (κ3) is 2.38. The molecule has 0 heteroatoms. The first-order valence-electron chi connectivity index (χ1n) is 4.42. The van der Waals surface area contributed by atoms with Gasteiger partial charge in [0.2, 0.25) is 0 Å². The van der Waals surface area contributed by atoms with Gasteiger partial charge in [-0.1, -0.05) is 43.7 Å². The zero-order valence-corrected chi connectivity index (χ0v) is 7.43. The lowest BCUT2D eigenvalue weighted by Gasteiger charge is -1.94. The molecule has 0 atom stereocenters. The minimum Gasteiger partial charge on any atom is -0.0802 e. The smallest absolute Gasteiger partial charge is 0.0133 e. The van der Waals surface area contributed by atoms with Crippen molar-refractivity contribution in [1.29, 1.82) is 0 Å². The van der Waals surface area contributed by atoms with Gasteiger partial charge < -0.3 is 0 Å². The molecule has 0 nitrogen and oxygen atoms in total. The van der Waals surface area contributed by atoms with Gasteiger partial charge in [0.05, 0.1) is 0 Å². The van der Waals surface area contributed by atoms with Crippen LogP contribution in [0, 0.1) is 0 Å². The van der Waals surface area contributed by atoms with E-state index in [0.29, 0.717) is 0 Å². The van der Waals surface area contributed by atoms with Crippen molar-refractivity contribution in [3.8, 4) is 0 Å². The molecule has 0 saturated heterocycles. The molecule has 0 aliphatic heterocycles. The Labute approximate surface area is 69.3 Å². The molecule has 0 fully saturated rings. The Morgan fingerprint density at radius 2 is 2.00 bits per heavy atom. The summed E-state index contributed by atoms with van der Waals surface area (Å²) in [5.41, 5.74) is 2.97. The Bertz CT molecular complexity index is 204. The number of rotatable bonds is 2. The fourth-order valence-electron chi connectivity index (χ4n) is 1.21. The molecule has 0 saturated carbocycles. The third-order valence-corrected chi connectivity index (χ3v) is 2.11. The summed E-state index contributed by atoms with van der Waals surface area (Å²) in [6, 6.07) is 0. The Morgan fingerprint density at radius 1 is 1.18 bits per heavy atom. The SMILES string of the molecule is CCC1=CC=C(CC)CC=C1. The predicted molar refractivity (Wildman–Crippen MR) is 50.5 cm³/mol. The molecule has 1 aliphatic carbocycles. The van der Waals surface area contributed by atoms with Crippen LogP contribution in [0.25, 0.3) is 0 Å². The summed E-state index contributed by atoms with van der Waals surface area (Å²) in [6.07, 6.45) is 12.5. The maximum atomic E-state index is 2.26. The van der Waals surface area contributed by atoms with E-state index in [1.807, 2.05) is 0 Å². The lowest BCUT2D eigenvalue weighted by molar-refractivity contribution is 1.03. The average Bonchev–Trinajstić information content (AvgIpc) is 2.28. The molecule has 0 bridgehead atoms. The molecule has 0 N–H and O–H groups in total. The summed E-state index contributed by atoms with van der Waals surface area (Å²) >= 11 is 0. The van der Waals surface area contributed by atoms with Crippen molar-refractivity contribution in [3.05, 3.63) is 35.5 Å². The van der Waals surface area contributed by atoms with Crippen molar-refractivity contribution in [2.45, 2.75) is 33.1 Å². The van der Waals surface area contributed by atoms with E-state index in [9.17, 15) is 0 Å². The molecule has 11 heavy (non-hydrogen) atoms. The molecular formula is C11H16. The molecule has 60 valence electrons. The fraction of sp³-hybridized carbons (Fsp3) is 0.455. The van der Waals surface area contributed by atoms with Crippen molar-refractivity contribution in [1.82, 2.24) is 0 Å². The Hall–Kier alpha value is -0.780. The van der Waals surface area contributed by atoms with Gasteiger partial charge in [-0.3, -0.25) is 0 Å². The van der Waals surface area contributed by atoms with Crippen LogP contribution in [0.3, 0.4) is 0 Å². The normalized spacial score (nSPS) is 17.3. The largest absolute Gasteiger partial charge is 0.0802 e. The molecule has 1 aliphatic rings. The van der Waals surface area contributed by atoms with Crippen molar-refractivity contribution in [2.24, 2.45) is 0 Å². The molecule has 0 aromatic heterocycles. The highest BCUT2D eigenvalue weighted by Gasteiger charge is 1.94. The van der Waals surface area contributed by atoms with Gasteiger partial charge in [0.1, 0.15) is 0 Å². The van der Waals surface area contributed by atoms with Crippen molar-refractivity contribution >= 4 is 0 Å². The Kier molecular flexibility index (Phi) is 3.15. The Morgan fingerprint density at radius 3 is 2.64 bits per heavy atom. The van der Waals surface area contributed by atoms with Gasteiger partial charge in [-0.05, 0) is 24.8 Å². The van der Waals surface area contributed by atoms with E-state index < -0.39 is 0 Å². The molecule has 0 aromatic rings. The van der Waals surface area contributed by atoms with Crippen LogP contribution in [-0.4, -0.2) is 0 Å². The van der Waals surface area contributed by atoms with Gasteiger partial charge in [0, 0.05) is 0 Å². The van der Waals surface area contributed by atoms with Crippen molar-refractivity contribution in [3.63, 3.8) is 0 Å². The number of allylic oxidation sites excluding steroid dienone is 6. The van der Waals surface area contributed by atoms with E-state index in [1.54, 1.807) is 0 Å². The monoisotopic (exact) mass is 148 g/mol. The van der Waals surface area contributed by atoms with Crippen LogP contribution >= 0.6 is 0 Å². The first-order chi connectivity index (χ1) is 5.36. The van der Waals surface area contributed by atoms with E-state index in [4.69, 9.17) is 0 Å². The highest BCUT2D eigenvalue weighted by atomic mass is 14.0. The highest BCUT2D eigenvalue weighted by molar-refractivity contribution is 5.30. The minimum atomic E-state index is 1.14. The molecular weight excluding hydrogens is 132 g/mol. The second kappa shape index (κ2) is 4.17. The van der Waals surface area contributed by atoms with E-state index in [0.717, 1.165) is 12.8 Å². The van der Waals surface area contributed by atoms with Crippen LogP contribution in [-0.2, 0) is 0 Å². The molecule has 0 aromatic carbocycles. The summed E-state index contributed by atoms with van der Waals surface area (Å²) in [5, 5.41) is 0. The van der Waals surface area contributed by atoms with Gasteiger partial charge in [-0.15, -0.1) is 0 Å². The van der Waals surface area contributed by atoms with E-state index in [-0.39, 0.29) is 0 Å². The predicted octanol–water partition coefficient (Wildman–Crippen LogP) is 3.62. The first kappa shape index (κ1) is 8.32. The van der Waals surface area contributed by atoms with E-state index in [1.165, 1.54) is 17.6 Å². The molecule has 0 amide bonds. The standard InChI is InChI=1S/C11H16/c1-3-10-6-5-7-11(4-2)9-8-10/h5-6,8-9H,3-4,7H2,1-2H3. The zero-order valence-electron chi connectivity index (χ0n) is 7.43. The number of hydrogen-bond acceptors (Lipinski definition) is 0. The lowest BCUT2D eigenvalue weighted by atomic mass is 10.1. The quantitative estimate of drug-likeness (QED) is 0.561. The average molecular weight is 148 g/mol. The van der Waals surface area contributed by atoms with Crippen LogP contribution in [0.2, 0.25) is 0 Å². The lowest BCUT2D eigenvalue weighted by Crippen LogP contribution is -1.74. The van der Waals surface area contributed by atoms with E-state index >= 15 is 0 Å². The van der Waals surface area contributed by atoms with Crippen LogP contribution < -0.4 is 0 Å². The number of hydrogen-bond donors (Lipinski definition) is 0. The van der Waals surface area contributed by atoms with Crippen LogP contribution in [0.1, 0.15) is 33.1 Å². The summed E-state index contributed by atoms with van der Waals surface area (Å²) < 4.78 is 0. The minimum absolute atomic E-state index is 1.14. The Balaban J connectivity index is 2.72. The maximum Gasteiger partial charge on any atom is -0.0133 e. The van der Waals surface area contributed by atoms with Crippen LogP contribution in [0.5, 0.6) is 0 Å². The van der Waals surface area contributed by atoms with Crippen LogP contribution in [0.15, 0.2) is 35.5 Å². The van der Waals surface area contributed by atoms with Gasteiger partial charge in [-0.25, -0.2) is 0 Å². The molecule has 0 heterocycles. The zero-order chi connectivity index (χ0) is 8.10. The van der Waals surface area contributed by atoms with Gasteiger partial charge in [0.25, 0.3) is 0 Å². The van der Waals surface area contributed by atoms with Gasteiger partial charge in [-0.2, -0.15) is 0 Å². The third-order valence-electron chi connectivity index (χ3n) is 2.11. The van der Waals surface area contributed by atoms with Crippen molar-refractivity contribution < 1.29 is 0 Å². The topological polar surface area (TPSA) is 0 Å². The summed E-state index contributed by atoms with van der Waals surface area (Å²) in [4.78, 5) is 0. The summed E-state index contributed by atoms with van der Waals surface area (Å²) in [7, 11) is 0. The van der Waals surface area contributed by atoms with Crippen LogP contribution in [0.4, 0.5) is 0 Å². The molecule has 0 radical (unpaired) electrons. The molecule has 1 rings (SSSR count).